The van der Waals surface area contributed by atoms with E-state index in [9.17, 15) is 8.42 Å². The van der Waals surface area contributed by atoms with E-state index in [1.165, 1.54) is 6.20 Å². The Morgan fingerprint density at radius 3 is 2.57 bits per heavy atom. The number of anilines is 1. The molecule has 1 heterocycles. The maximum Gasteiger partial charge on any atom is 0.260 e. The van der Waals surface area contributed by atoms with Crippen LogP contribution in [0.2, 0.25) is 0 Å². The minimum absolute atomic E-state index is 0.0786. The summed E-state index contributed by atoms with van der Waals surface area (Å²) in [5.74, 6) is 0.564. The first-order valence-corrected chi connectivity index (χ1v) is 9.06. The molecule has 5 nitrogen and oxygen atoms in total. The van der Waals surface area contributed by atoms with Gasteiger partial charge in [-0.2, -0.15) is 0 Å². The number of hydrogen-bond donors (Lipinski definition) is 2. The Labute approximate surface area is 128 Å². The van der Waals surface area contributed by atoms with E-state index in [4.69, 9.17) is 0 Å². The predicted molar refractivity (Wildman–Crippen MR) is 86.9 cm³/mol. The molecule has 0 aliphatic rings. The van der Waals surface area contributed by atoms with Crippen molar-refractivity contribution in [3.8, 4) is 0 Å². The van der Waals surface area contributed by atoms with Crippen LogP contribution < -0.4 is 10.0 Å². The highest BCUT2D eigenvalue weighted by Gasteiger charge is 2.22. The fourth-order valence-corrected chi connectivity index (χ4v) is 3.35. The molecule has 0 aromatic carbocycles. The smallest absolute Gasteiger partial charge is 0.260 e. The molecular formula is C15H27N3O2S. The number of nitrogens with one attached hydrogen (secondary N) is 2. The van der Waals surface area contributed by atoms with Gasteiger partial charge in [-0.3, -0.25) is 0 Å². The maximum atomic E-state index is 12.5. The topological polar surface area (TPSA) is 71.1 Å². The van der Waals surface area contributed by atoms with Crippen LogP contribution in [-0.2, 0) is 10.0 Å². The fourth-order valence-electron chi connectivity index (χ4n) is 1.96. The second kappa shape index (κ2) is 8.34. The normalized spacial score (nSPS) is 13.4. The van der Waals surface area contributed by atoms with E-state index in [1.807, 2.05) is 13.8 Å². The molecule has 1 atom stereocenters. The molecule has 1 aromatic rings. The Morgan fingerprint density at radius 2 is 1.95 bits per heavy atom. The number of sulfonamides is 1. The Hall–Kier alpha value is -1.14. The summed E-state index contributed by atoms with van der Waals surface area (Å²) in [5, 5.41) is 3.19. The predicted octanol–water partition coefficient (Wildman–Crippen LogP) is 3.01. The Bertz CT molecular complexity index is 529. The van der Waals surface area contributed by atoms with Crippen molar-refractivity contribution in [1.82, 2.24) is 9.71 Å². The Morgan fingerprint density at radius 1 is 1.24 bits per heavy atom. The molecule has 0 bridgehead atoms. The van der Waals surface area contributed by atoms with E-state index in [-0.39, 0.29) is 11.1 Å². The zero-order chi connectivity index (χ0) is 15.9. The van der Waals surface area contributed by atoms with E-state index in [1.54, 1.807) is 12.1 Å². The summed E-state index contributed by atoms with van der Waals surface area (Å²) in [4.78, 5) is 4.04. The van der Waals surface area contributed by atoms with Crippen molar-refractivity contribution in [3.05, 3.63) is 18.3 Å². The fraction of sp³-hybridized carbons (Fsp3) is 0.667. The van der Waals surface area contributed by atoms with E-state index >= 15 is 0 Å². The molecule has 1 rings (SSSR count). The van der Waals surface area contributed by atoms with Crippen molar-refractivity contribution < 1.29 is 8.42 Å². The van der Waals surface area contributed by atoms with Crippen molar-refractivity contribution in [3.63, 3.8) is 0 Å². The van der Waals surface area contributed by atoms with Crippen LogP contribution in [0.3, 0.4) is 0 Å². The van der Waals surface area contributed by atoms with Crippen molar-refractivity contribution >= 4 is 15.7 Å². The quantitative estimate of drug-likeness (QED) is 0.735. The summed E-state index contributed by atoms with van der Waals surface area (Å²) in [6, 6.07) is 3.38. The highest BCUT2D eigenvalue weighted by atomic mass is 32.2. The van der Waals surface area contributed by atoms with Gasteiger partial charge < -0.3 is 5.32 Å². The van der Waals surface area contributed by atoms with Gasteiger partial charge in [-0.1, -0.05) is 20.8 Å². The van der Waals surface area contributed by atoms with Crippen LogP contribution in [0.1, 0.15) is 47.0 Å². The van der Waals surface area contributed by atoms with Gasteiger partial charge in [0.1, 0.15) is 0 Å². The molecule has 6 heteroatoms. The largest absolute Gasteiger partial charge is 0.383 e. The highest BCUT2D eigenvalue weighted by Crippen LogP contribution is 2.19. The molecule has 1 unspecified atom stereocenters. The number of nitrogens with zero attached hydrogens (tertiary/aromatic N) is 1. The molecule has 1 aromatic heterocycles. The zero-order valence-corrected chi connectivity index (χ0v) is 14.2. The molecule has 0 saturated carbocycles. The minimum atomic E-state index is -3.59. The second-order valence-electron chi connectivity index (χ2n) is 5.78. The summed E-state index contributed by atoms with van der Waals surface area (Å²) < 4.78 is 27.6. The minimum Gasteiger partial charge on any atom is -0.383 e. The van der Waals surface area contributed by atoms with Crippen LogP contribution in [-0.4, -0.2) is 26.0 Å². The third kappa shape index (κ3) is 6.01. The van der Waals surface area contributed by atoms with Crippen LogP contribution in [0.15, 0.2) is 23.4 Å². The average molecular weight is 313 g/mol. The van der Waals surface area contributed by atoms with E-state index in [0.717, 1.165) is 25.8 Å². The van der Waals surface area contributed by atoms with Crippen molar-refractivity contribution in [2.24, 2.45) is 5.92 Å². The summed E-state index contributed by atoms with van der Waals surface area (Å²) in [5.41, 5.74) is 0.558. The van der Waals surface area contributed by atoms with Crippen molar-refractivity contribution in [2.75, 3.05) is 11.9 Å². The van der Waals surface area contributed by atoms with Crippen LogP contribution in [0.5, 0.6) is 0 Å². The van der Waals surface area contributed by atoms with Crippen LogP contribution >= 0.6 is 0 Å². The molecule has 0 aliphatic carbocycles. The Balaban J connectivity index is 2.82. The van der Waals surface area contributed by atoms with Gasteiger partial charge in [0.2, 0.25) is 0 Å². The molecule has 0 aliphatic heterocycles. The molecule has 0 spiro atoms. The van der Waals surface area contributed by atoms with Crippen LogP contribution in [0.25, 0.3) is 0 Å². The molecule has 0 fully saturated rings. The number of hydrogen-bond acceptors (Lipinski definition) is 4. The molecule has 0 radical (unpaired) electrons. The first-order valence-electron chi connectivity index (χ1n) is 7.58. The molecule has 2 N–H and O–H groups in total. The molecule has 0 saturated heterocycles. The summed E-state index contributed by atoms with van der Waals surface area (Å²) in [7, 11) is -3.59. The van der Waals surface area contributed by atoms with Gasteiger partial charge in [-0.25, -0.2) is 18.1 Å². The lowest BCUT2D eigenvalue weighted by Gasteiger charge is -2.16. The molecule has 120 valence electrons. The van der Waals surface area contributed by atoms with E-state index in [0.29, 0.717) is 11.6 Å². The lowest BCUT2D eigenvalue weighted by atomic mass is 10.1. The number of aromatic nitrogens is 1. The lowest BCUT2D eigenvalue weighted by Crippen LogP contribution is -2.33. The SMILES string of the molecule is CCCNc1cccnc1S(=O)(=O)NC(C)CCC(C)C. The number of pyridine rings is 1. The van der Waals surface area contributed by atoms with Gasteiger partial charge in [-0.05, 0) is 44.2 Å². The van der Waals surface area contributed by atoms with Gasteiger partial charge in [0, 0.05) is 18.8 Å². The molecule has 0 amide bonds. The van der Waals surface area contributed by atoms with Crippen LogP contribution in [0, 0.1) is 5.92 Å². The average Bonchev–Trinajstić information content (AvgIpc) is 2.42. The summed E-state index contributed by atoms with van der Waals surface area (Å²) in [6.07, 6.45) is 4.24. The monoisotopic (exact) mass is 313 g/mol. The molecule has 21 heavy (non-hydrogen) atoms. The van der Waals surface area contributed by atoms with Crippen LogP contribution in [0.4, 0.5) is 5.69 Å². The maximum absolute atomic E-state index is 12.5. The summed E-state index contributed by atoms with van der Waals surface area (Å²) in [6.45, 7) is 8.91. The third-order valence-electron chi connectivity index (χ3n) is 3.12. The number of rotatable bonds is 9. The first kappa shape index (κ1) is 17.9. The lowest BCUT2D eigenvalue weighted by molar-refractivity contribution is 0.484. The van der Waals surface area contributed by atoms with Crippen molar-refractivity contribution in [1.29, 1.82) is 0 Å². The van der Waals surface area contributed by atoms with Gasteiger partial charge in [0.05, 0.1) is 5.69 Å². The van der Waals surface area contributed by atoms with Gasteiger partial charge in [0.25, 0.3) is 10.0 Å². The Kier molecular flexibility index (Phi) is 7.11. The summed E-state index contributed by atoms with van der Waals surface area (Å²) >= 11 is 0. The first-order chi connectivity index (χ1) is 9.86. The standard InChI is InChI=1S/C15H27N3O2S/c1-5-10-16-14-7-6-11-17-15(14)21(19,20)18-13(4)9-8-12(2)3/h6-7,11-13,16,18H,5,8-10H2,1-4H3. The van der Waals surface area contributed by atoms with E-state index < -0.39 is 10.0 Å². The molecular weight excluding hydrogens is 286 g/mol. The van der Waals surface area contributed by atoms with E-state index in [2.05, 4.69) is 28.9 Å². The van der Waals surface area contributed by atoms with Crippen molar-refractivity contribution in [2.45, 2.75) is 58.0 Å². The van der Waals surface area contributed by atoms with Gasteiger partial charge in [-0.15, -0.1) is 0 Å². The van der Waals surface area contributed by atoms with Gasteiger partial charge >= 0.3 is 0 Å². The second-order valence-corrected chi connectivity index (χ2v) is 7.41. The highest BCUT2D eigenvalue weighted by molar-refractivity contribution is 7.89. The van der Waals surface area contributed by atoms with Gasteiger partial charge in [0.15, 0.2) is 5.03 Å². The zero-order valence-electron chi connectivity index (χ0n) is 13.4. The third-order valence-corrected chi connectivity index (χ3v) is 4.67.